The van der Waals surface area contributed by atoms with Crippen molar-refractivity contribution in [3.63, 3.8) is 0 Å². The van der Waals surface area contributed by atoms with Gasteiger partial charge in [-0.1, -0.05) is 5.21 Å². The van der Waals surface area contributed by atoms with E-state index in [0.29, 0.717) is 23.2 Å². The summed E-state index contributed by atoms with van der Waals surface area (Å²) in [6.45, 7) is 3.48. The molecule has 0 atom stereocenters. The topological polar surface area (TPSA) is 80.1 Å². The van der Waals surface area contributed by atoms with E-state index in [-0.39, 0.29) is 11.8 Å². The lowest BCUT2D eigenvalue weighted by Crippen LogP contribution is -2.23. The summed E-state index contributed by atoms with van der Waals surface area (Å²) in [7, 11) is 0. The van der Waals surface area contributed by atoms with E-state index in [2.05, 4.69) is 15.6 Å². The minimum Gasteiger partial charge on any atom is -0.322 e. The number of carbonyl (C=O) groups excluding carboxylic acids is 2. The number of hydrogen-bond donors (Lipinski definition) is 1. The van der Waals surface area contributed by atoms with Crippen molar-refractivity contribution in [2.45, 2.75) is 26.3 Å². The average Bonchev–Trinajstić information content (AvgIpc) is 3.27. The monoisotopic (exact) mass is 349 g/mol. The van der Waals surface area contributed by atoms with Crippen LogP contribution in [-0.2, 0) is 11.3 Å². The number of aryl methyl sites for hydroxylation is 1. The number of rotatable bonds is 4. The molecule has 2 heterocycles. The number of aromatic nitrogens is 3. The number of hydrogen-bond acceptors (Lipinski definition) is 4. The van der Waals surface area contributed by atoms with Crippen LogP contribution >= 0.6 is 0 Å². The molecule has 2 amide bonds. The Labute approximate surface area is 150 Å². The highest BCUT2D eigenvalue weighted by molar-refractivity contribution is 6.06. The summed E-state index contributed by atoms with van der Waals surface area (Å²) in [4.78, 5) is 26.1. The summed E-state index contributed by atoms with van der Waals surface area (Å²) >= 11 is 0. The molecule has 7 nitrogen and oxygen atoms in total. The maximum atomic E-state index is 12.5. The standard InChI is InChI=1S/C19H19N5O2/c1-2-24-17-10-5-13(12-16(17)21-22-24)19(26)20-14-6-8-15(9-7-14)23-11-3-4-18(23)25/h5-10,12H,2-4,11H2,1H3,(H,20,26). The lowest BCUT2D eigenvalue weighted by atomic mass is 10.1. The molecule has 0 bridgehead atoms. The van der Waals surface area contributed by atoms with Gasteiger partial charge in [0.1, 0.15) is 5.52 Å². The second kappa shape index (κ2) is 6.59. The van der Waals surface area contributed by atoms with E-state index in [1.165, 1.54) is 0 Å². The van der Waals surface area contributed by atoms with E-state index in [4.69, 9.17) is 0 Å². The Morgan fingerprint density at radius 3 is 2.69 bits per heavy atom. The molecule has 1 saturated heterocycles. The van der Waals surface area contributed by atoms with Crippen LogP contribution < -0.4 is 10.2 Å². The van der Waals surface area contributed by atoms with E-state index in [1.54, 1.807) is 21.7 Å². The number of carbonyl (C=O) groups is 2. The lowest BCUT2D eigenvalue weighted by molar-refractivity contribution is -0.117. The Hall–Kier alpha value is -3.22. The zero-order valence-electron chi connectivity index (χ0n) is 14.5. The van der Waals surface area contributed by atoms with Gasteiger partial charge in [-0.25, -0.2) is 4.68 Å². The molecule has 1 aliphatic rings. The van der Waals surface area contributed by atoms with Crippen molar-refractivity contribution in [1.82, 2.24) is 15.0 Å². The van der Waals surface area contributed by atoms with Gasteiger partial charge in [-0.3, -0.25) is 9.59 Å². The molecule has 0 unspecified atom stereocenters. The summed E-state index contributed by atoms with van der Waals surface area (Å²) in [6.07, 6.45) is 1.49. The maximum Gasteiger partial charge on any atom is 0.255 e. The van der Waals surface area contributed by atoms with Crippen molar-refractivity contribution in [3.05, 3.63) is 48.0 Å². The van der Waals surface area contributed by atoms with Crippen LogP contribution in [0.5, 0.6) is 0 Å². The first-order valence-electron chi connectivity index (χ1n) is 8.71. The molecule has 0 saturated carbocycles. The number of anilines is 2. The Morgan fingerprint density at radius 2 is 2.00 bits per heavy atom. The average molecular weight is 349 g/mol. The van der Waals surface area contributed by atoms with Gasteiger partial charge in [-0.2, -0.15) is 0 Å². The normalized spacial score (nSPS) is 14.2. The van der Waals surface area contributed by atoms with Gasteiger partial charge >= 0.3 is 0 Å². The summed E-state index contributed by atoms with van der Waals surface area (Å²) in [5.74, 6) is -0.0573. The Balaban J connectivity index is 1.50. The van der Waals surface area contributed by atoms with Crippen LogP contribution in [-0.4, -0.2) is 33.4 Å². The molecule has 3 aromatic rings. The molecular formula is C19H19N5O2. The number of fused-ring (bicyclic) bond motifs is 1. The van der Waals surface area contributed by atoms with Crippen LogP contribution in [0, 0.1) is 0 Å². The first kappa shape index (κ1) is 16.3. The lowest BCUT2D eigenvalue weighted by Gasteiger charge is -2.16. The highest BCUT2D eigenvalue weighted by Crippen LogP contribution is 2.23. The molecule has 4 rings (SSSR count). The van der Waals surface area contributed by atoms with Crippen LogP contribution in [0.15, 0.2) is 42.5 Å². The SMILES string of the molecule is CCn1nnc2cc(C(=O)Nc3ccc(N4CCCC4=O)cc3)ccc21. The second-order valence-electron chi connectivity index (χ2n) is 6.26. The molecule has 7 heteroatoms. The zero-order valence-corrected chi connectivity index (χ0v) is 14.5. The Morgan fingerprint density at radius 1 is 1.19 bits per heavy atom. The molecule has 1 aromatic heterocycles. The van der Waals surface area contributed by atoms with Crippen LogP contribution in [0.25, 0.3) is 11.0 Å². The predicted octanol–water partition coefficient (Wildman–Crippen LogP) is 2.83. The van der Waals surface area contributed by atoms with Gasteiger partial charge in [0.15, 0.2) is 0 Å². The van der Waals surface area contributed by atoms with Crippen molar-refractivity contribution in [1.29, 1.82) is 0 Å². The molecule has 1 fully saturated rings. The van der Waals surface area contributed by atoms with Gasteiger partial charge < -0.3 is 10.2 Å². The minimum absolute atomic E-state index is 0.148. The first-order valence-corrected chi connectivity index (χ1v) is 8.71. The predicted molar refractivity (Wildman–Crippen MR) is 99.2 cm³/mol. The minimum atomic E-state index is -0.206. The smallest absolute Gasteiger partial charge is 0.255 e. The molecule has 0 aliphatic carbocycles. The molecule has 1 aliphatic heterocycles. The molecule has 1 N–H and O–H groups in total. The van der Waals surface area contributed by atoms with Crippen molar-refractivity contribution in [3.8, 4) is 0 Å². The van der Waals surface area contributed by atoms with Crippen LogP contribution in [0.1, 0.15) is 30.1 Å². The van der Waals surface area contributed by atoms with E-state index in [1.807, 2.05) is 37.3 Å². The maximum absolute atomic E-state index is 12.5. The largest absolute Gasteiger partial charge is 0.322 e. The number of nitrogens with zero attached hydrogens (tertiary/aromatic N) is 4. The third-order valence-corrected chi connectivity index (χ3v) is 4.59. The Kier molecular flexibility index (Phi) is 4.12. The van der Waals surface area contributed by atoms with Gasteiger partial charge in [-0.05, 0) is 55.8 Å². The van der Waals surface area contributed by atoms with Crippen molar-refractivity contribution in [2.24, 2.45) is 0 Å². The van der Waals surface area contributed by atoms with Crippen LogP contribution in [0.4, 0.5) is 11.4 Å². The molecule has 0 spiro atoms. The van der Waals surface area contributed by atoms with E-state index in [9.17, 15) is 9.59 Å². The second-order valence-corrected chi connectivity index (χ2v) is 6.26. The van der Waals surface area contributed by atoms with Gasteiger partial charge in [0.05, 0.1) is 5.52 Å². The highest BCUT2D eigenvalue weighted by Gasteiger charge is 2.21. The van der Waals surface area contributed by atoms with Crippen LogP contribution in [0.3, 0.4) is 0 Å². The third-order valence-electron chi connectivity index (χ3n) is 4.59. The van der Waals surface area contributed by atoms with Gasteiger partial charge in [-0.15, -0.1) is 5.10 Å². The molecular weight excluding hydrogens is 330 g/mol. The molecule has 26 heavy (non-hydrogen) atoms. The molecule has 132 valence electrons. The summed E-state index contributed by atoms with van der Waals surface area (Å²) in [5, 5.41) is 11.0. The quantitative estimate of drug-likeness (QED) is 0.785. The zero-order chi connectivity index (χ0) is 18.1. The molecule has 0 radical (unpaired) electrons. The number of benzene rings is 2. The van der Waals surface area contributed by atoms with Gasteiger partial charge in [0.2, 0.25) is 5.91 Å². The fraction of sp³-hybridized carbons (Fsp3) is 0.263. The first-order chi connectivity index (χ1) is 12.7. The fourth-order valence-corrected chi connectivity index (χ4v) is 3.20. The summed E-state index contributed by atoms with van der Waals surface area (Å²) < 4.78 is 1.79. The van der Waals surface area contributed by atoms with Crippen molar-refractivity contribution < 1.29 is 9.59 Å². The Bertz CT molecular complexity index is 977. The van der Waals surface area contributed by atoms with Crippen molar-refractivity contribution in [2.75, 3.05) is 16.8 Å². The van der Waals surface area contributed by atoms with Crippen molar-refractivity contribution >= 4 is 34.2 Å². The summed E-state index contributed by atoms with van der Waals surface area (Å²) in [6, 6.07) is 12.7. The summed E-state index contributed by atoms with van der Waals surface area (Å²) in [5.41, 5.74) is 3.68. The number of amides is 2. The van der Waals surface area contributed by atoms with E-state index < -0.39 is 0 Å². The van der Waals surface area contributed by atoms with E-state index >= 15 is 0 Å². The highest BCUT2D eigenvalue weighted by atomic mass is 16.2. The number of nitrogens with one attached hydrogen (secondary N) is 1. The van der Waals surface area contributed by atoms with Gasteiger partial charge in [0.25, 0.3) is 5.91 Å². The third kappa shape index (κ3) is 2.92. The molecule has 2 aromatic carbocycles. The van der Waals surface area contributed by atoms with Gasteiger partial charge in [0, 0.05) is 36.4 Å². The fourth-order valence-electron chi connectivity index (χ4n) is 3.20. The van der Waals surface area contributed by atoms with E-state index in [0.717, 1.165) is 30.7 Å². The van der Waals surface area contributed by atoms with Crippen LogP contribution in [0.2, 0.25) is 0 Å².